The zero-order valence-corrected chi connectivity index (χ0v) is 18.1. The lowest BCUT2D eigenvalue weighted by Gasteiger charge is -2.11. The molecule has 0 aliphatic rings. The third-order valence-electron chi connectivity index (χ3n) is 4.88. The molecule has 7 nitrogen and oxygen atoms in total. The Morgan fingerprint density at radius 3 is 2.43 bits per heavy atom. The molecule has 0 saturated carbocycles. The Balaban J connectivity index is 1.91. The lowest BCUT2D eigenvalue weighted by atomic mass is 10.0. The van der Waals surface area contributed by atoms with Gasteiger partial charge in [-0.25, -0.2) is 22.7 Å². The molecular formula is C22H23NO6S. The smallest absolute Gasteiger partial charge is 0.338 e. The van der Waals surface area contributed by atoms with E-state index < -0.39 is 21.6 Å². The van der Waals surface area contributed by atoms with Gasteiger partial charge in [-0.3, -0.25) is 0 Å². The number of rotatable bonds is 6. The SMILES string of the molecule is CCNS(=O)(=O)c1ccc(C)c(C(=O)OCc2cc(=O)oc3cc(C)c(C)cc23)c1. The zero-order chi connectivity index (χ0) is 22.1. The fraction of sp³-hybridized carbons (Fsp3) is 0.273. The maximum Gasteiger partial charge on any atom is 0.338 e. The van der Waals surface area contributed by atoms with Crippen molar-refractivity contribution in [3.05, 3.63) is 74.6 Å². The van der Waals surface area contributed by atoms with E-state index in [9.17, 15) is 18.0 Å². The second kappa shape index (κ2) is 8.41. The van der Waals surface area contributed by atoms with Gasteiger partial charge >= 0.3 is 11.6 Å². The molecule has 0 radical (unpaired) electrons. The molecule has 1 aromatic heterocycles. The molecule has 3 rings (SSSR count). The fourth-order valence-corrected chi connectivity index (χ4v) is 4.15. The van der Waals surface area contributed by atoms with Gasteiger partial charge in [-0.2, -0.15) is 0 Å². The van der Waals surface area contributed by atoms with Crippen molar-refractivity contribution in [2.45, 2.75) is 39.2 Å². The Labute approximate surface area is 174 Å². The number of benzene rings is 2. The van der Waals surface area contributed by atoms with Gasteiger partial charge < -0.3 is 9.15 Å². The maximum atomic E-state index is 12.7. The number of carbonyl (C=O) groups is 1. The molecule has 0 saturated heterocycles. The summed E-state index contributed by atoms with van der Waals surface area (Å²) in [4.78, 5) is 24.6. The minimum absolute atomic E-state index is 0.0150. The predicted molar refractivity (Wildman–Crippen MR) is 113 cm³/mol. The average Bonchev–Trinajstić information content (AvgIpc) is 2.67. The Bertz CT molecular complexity index is 1290. The van der Waals surface area contributed by atoms with Crippen LogP contribution >= 0.6 is 0 Å². The average molecular weight is 429 g/mol. The van der Waals surface area contributed by atoms with E-state index in [1.165, 1.54) is 18.2 Å². The predicted octanol–water partition coefficient (Wildman–Crippen LogP) is 3.37. The summed E-state index contributed by atoms with van der Waals surface area (Å²) in [5.41, 5.74) is 3.13. The number of aryl methyl sites for hydroxylation is 3. The van der Waals surface area contributed by atoms with Crippen LogP contribution in [0.5, 0.6) is 0 Å². The summed E-state index contributed by atoms with van der Waals surface area (Å²) in [6.07, 6.45) is 0. The highest BCUT2D eigenvalue weighted by Crippen LogP contribution is 2.23. The van der Waals surface area contributed by atoms with Crippen LogP contribution in [0.25, 0.3) is 11.0 Å². The topological polar surface area (TPSA) is 103 Å². The third kappa shape index (κ3) is 4.44. The van der Waals surface area contributed by atoms with Crippen LogP contribution in [0.4, 0.5) is 0 Å². The van der Waals surface area contributed by atoms with Crippen LogP contribution in [0.15, 0.2) is 50.5 Å². The van der Waals surface area contributed by atoms with E-state index in [1.54, 1.807) is 26.0 Å². The lowest BCUT2D eigenvalue weighted by Crippen LogP contribution is -2.23. The Morgan fingerprint density at radius 1 is 1.03 bits per heavy atom. The second-order valence-electron chi connectivity index (χ2n) is 7.08. The first-order valence-electron chi connectivity index (χ1n) is 9.44. The molecule has 0 amide bonds. The molecule has 0 bridgehead atoms. The summed E-state index contributed by atoms with van der Waals surface area (Å²) in [7, 11) is -3.71. The number of ether oxygens (including phenoxy) is 1. The largest absolute Gasteiger partial charge is 0.457 e. The van der Waals surface area contributed by atoms with E-state index in [0.717, 1.165) is 11.1 Å². The number of fused-ring (bicyclic) bond motifs is 1. The van der Waals surface area contributed by atoms with Crippen molar-refractivity contribution in [3.63, 3.8) is 0 Å². The van der Waals surface area contributed by atoms with E-state index in [-0.39, 0.29) is 23.6 Å². The van der Waals surface area contributed by atoms with E-state index in [4.69, 9.17) is 9.15 Å². The van der Waals surface area contributed by atoms with Crippen LogP contribution in [-0.2, 0) is 21.4 Å². The monoisotopic (exact) mass is 429 g/mol. The number of hydrogen-bond donors (Lipinski definition) is 1. The summed E-state index contributed by atoms with van der Waals surface area (Å²) < 4.78 is 37.5. The van der Waals surface area contributed by atoms with Crippen LogP contribution < -0.4 is 10.3 Å². The van der Waals surface area contributed by atoms with E-state index in [1.807, 2.05) is 19.9 Å². The summed E-state index contributed by atoms with van der Waals surface area (Å²) >= 11 is 0. The molecule has 2 aromatic carbocycles. The first-order valence-corrected chi connectivity index (χ1v) is 10.9. The fourth-order valence-electron chi connectivity index (χ4n) is 3.08. The van der Waals surface area contributed by atoms with Gasteiger partial charge in [0, 0.05) is 23.6 Å². The van der Waals surface area contributed by atoms with Gasteiger partial charge in [0.15, 0.2) is 0 Å². The van der Waals surface area contributed by atoms with Gasteiger partial charge in [0.05, 0.1) is 10.5 Å². The number of sulfonamides is 1. The van der Waals surface area contributed by atoms with E-state index in [2.05, 4.69) is 4.72 Å². The molecule has 1 N–H and O–H groups in total. The zero-order valence-electron chi connectivity index (χ0n) is 17.2. The number of esters is 1. The van der Waals surface area contributed by atoms with Crippen molar-refractivity contribution < 1.29 is 22.4 Å². The Kier molecular flexibility index (Phi) is 6.09. The van der Waals surface area contributed by atoms with Crippen molar-refractivity contribution in [2.24, 2.45) is 0 Å². The van der Waals surface area contributed by atoms with Gasteiger partial charge in [0.1, 0.15) is 12.2 Å². The van der Waals surface area contributed by atoms with Crippen molar-refractivity contribution in [3.8, 4) is 0 Å². The molecule has 0 spiro atoms. The number of hydrogen-bond acceptors (Lipinski definition) is 6. The lowest BCUT2D eigenvalue weighted by molar-refractivity contribution is 0.0472. The molecule has 158 valence electrons. The molecule has 1 heterocycles. The Hall–Kier alpha value is -2.97. The molecule has 30 heavy (non-hydrogen) atoms. The van der Waals surface area contributed by atoms with Crippen LogP contribution in [0.1, 0.15) is 39.5 Å². The van der Waals surface area contributed by atoms with E-state index >= 15 is 0 Å². The first-order chi connectivity index (χ1) is 14.1. The van der Waals surface area contributed by atoms with Gasteiger partial charge in [0.25, 0.3) is 0 Å². The second-order valence-corrected chi connectivity index (χ2v) is 8.84. The standard InChI is InChI=1S/C22H23NO6S/c1-5-23-30(26,27)17-7-6-13(2)18(11-17)22(25)28-12-16-10-21(24)29-20-9-15(4)14(3)8-19(16)20/h6-11,23H,5,12H2,1-4H3. The van der Waals surface area contributed by atoms with Crippen LogP contribution in [0, 0.1) is 20.8 Å². The number of carbonyl (C=O) groups excluding carboxylic acids is 1. The van der Waals surface area contributed by atoms with Crippen molar-refractivity contribution in [2.75, 3.05) is 6.54 Å². The summed E-state index contributed by atoms with van der Waals surface area (Å²) in [5.74, 6) is -0.675. The van der Waals surface area contributed by atoms with Crippen LogP contribution in [0.3, 0.4) is 0 Å². The minimum atomic E-state index is -3.71. The first kappa shape index (κ1) is 21.7. The normalized spacial score (nSPS) is 11.6. The molecule has 3 aromatic rings. The molecule has 0 unspecified atom stereocenters. The molecule has 0 fully saturated rings. The highest BCUT2D eigenvalue weighted by Gasteiger charge is 2.19. The molecule has 0 atom stereocenters. The summed E-state index contributed by atoms with van der Waals surface area (Å²) in [6, 6.07) is 9.23. The van der Waals surface area contributed by atoms with E-state index in [0.29, 0.717) is 22.1 Å². The summed E-state index contributed by atoms with van der Waals surface area (Å²) in [6.45, 7) is 7.31. The molecular weight excluding hydrogens is 406 g/mol. The highest BCUT2D eigenvalue weighted by atomic mass is 32.2. The minimum Gasteiger partial charge on any atom is -0.457 e. The van der Waals surface area contributed by atoms with Crippen molar-refractivity contribution >= 4 is 27.0 Å². The molecule has 0 aliphatic carbocycles. The van der Waals surface area contributed by atoms with Crippen LogP contribution in [0.2, 0.25) is 0 Å². The van der Waals surface area contributed by atoms with Gasteiger partial charge in [0.2, 0.25) is 10.0 Å². The van der Waals surface area contributed by atoms with Gasteiger partial charge in [-0.1, -0.05) is 13.0 Å². The molecule has 0 aliphatic heterocycles. The number of nitrogens with one attached hydrogen (secondary N) is 1. The van der Waals surface area contributed by atoms with Crippen molar-refractivity contribution in [1.29, 1.82) is 0 Å². The Morgan fingerprint density at radius 2 is 1.73 bits per heavy atom. The highest BCUT2D eigenvalue weighted by molar-refractivity contribution is 7.89. The van der Waals surface area contributed by atoms with Crippen LogP contribution in [-0.4, -0.2) is 20.9 Å². The van der Waals surface area contributed by atoms with Crippen molar-refractivity contribution in [1.82, 2.24) is 4.72 Å². The summed E-state index contributed by atoms with van der Waals surface area (Å²) in [5, 5.41) is 0.686. The van der Waals surface area contributed by atoms with Gasteiger partial charge in [-0.05, 0) is 61.7 Å². The maximum absolute atomic E-state index is 12.7. The van der Waals surface area contributed by atoms with Gasteiger partial charge in [-0.15, -0.1) is 0 Å². The quantitative estimate of drug-likeness (QED) is 0.476. The third-order valence-corrected chi connectivity index (χ3v) is 6.42. The molecule has 8 heteroatoms.